The Labute approximate surface area is 108 Å². The van der Waals surface area contributed by atoms with Crippen molar-refractivity contribution in [1.82, 2.24) is 0 Å². The molecule has 0 atom stereocenters. The Morgan fingerprint density at radius 1 is 1.00 bits per heavy atom. The van der Waals surface area contributed by atoms with Gasteiger partial charge in [-0.25, -0.2) is 0 Å². The topological polar surface area (TPSA) is 12.4 Å². The number of hydrogen-bond donors (Lipinski definition) is 0. The van der Waals surface area contributed by atoms with E-state index in [0.717, 1.165) is 11.4 Å². The molecule has 2 heteroatoms. The Bertz CT molecular complexity index is 524. The van der Waals surface area contributed by atoms with E-state index in [4.69, 9.17) is 0 Å². The number of hydrogen-bond acceptors (Lipinski definition) is 1. The average Bonchev–Trinajstić information content (AvgIpc) is 2.47. The summed E-state index contributed by atoms with van der Waals surface area (Å²) in [5.41, 5.74) is 3.53. The maximum Gasteiger partial charge on any atom is 0.0718 e. The van der Waals surface area contributed by atoms with E-state index in [1.54, 1.807) is 0 Å². The largest absolute Gasteiger partial charge is 0.252 e. The van der Waals surface area contributed by atoms with Crippen LogP contribution in [0.2, 0.25) is 0 Å². The van der Waals surface area contributed by atoms with Gasteiger partial charge in [-0.3, -0.25) is 4.99 Å². The summed E-state index contributed by atoms with van der Waals surface area (Å²) in [5.74, 6) is 0. The zero-order chi connectivity index (χ0) is 8.84. The first-order chi connectivity index (χ1) is 6.36. The van der Waals surface area contributed by atoms with E-state index in [-0.39, 0.29) is 32.7 Å². The van der Waals surface area contributed by atoms with Gasteiger partial charge in [0, 0.05) is 49.4 Å². The van der Waals surface area contributed by atoms with Gasteiger partial charge in [-0.2, -0.15) is 0 Å². The maximum absolute atomic E-state index is 4.51. The summed E-state index contributed by atoms with van der Waals surface area (Å²) in [5, 5.41) is 2.60. The molecule has 65 valence electrons. The van der Waals surface area contributed by atoms with E-state index in [0.29, 0.717) is 0 Å². The third kappa shape index (κ3) is 1.27. The molecule has 0 spiro atoms. The fourth-order valence-corrected chi connectivity index (χ4v) is 1.96. The van der Waals surface area contributed by atoms with Gasteiger partial charge in [0.05, 0.1) is 5.69 Å². The van der Waals surface area contributed by atoms with Crippen LogP contribution in [0.25, 0.3) is 10.8 Å². The van der Waals surface area contributed by atoms with Gasteiger partial charge in [-0.1, -0.05) is 30.3 Å². The van der Waals surface area contributed by atoms with Crippen molar-refractivity contribution < 1.29 is 32.7 Å². The van der Waals surface area contributed by atoms with E-state index in [1.807, 2.05) is 0 Å². The zero-order valence-corrected chi connectivity index (χ0v) is 10.8. The van der Waals surface area contributed by atoms with Gasteiger partial charge >= 0.3 is 0 Å². The van der Waals surface area contributed by atoms with Crippen molar-refractivity contribution in [3.8, 4) is 0 Å². The Kier molecular flexibility index (Phi) is 2.55. The average molecular weight is 256 g/mol. The van der Waals surface area contributed by atoms with Crippen molar-refractivity contribution in [2.75, 3.05) is 0 Å². The van der Waals surface area contributed by atoms with Gasteiger partial charge in [0.2, 0.25) is 0 Å². The van der Waals surface area contributed by atoms with Crippen molar-refractivity contribution in [2.24, 2.45) is 4.99 Å². The molecule has 0 unspecified atom stereocenters. The second kappa shape index (κ2) is 3.56. The first-order valence-electron chi connectivity index (χ1n) is 4.44. The molecule has 2 aromatic carbocycles. The van der Waals surface area contributed by atoms with Crippen LogP contribution in [0.4, 0.5) is 5.69 Å². The summed E-state index contributed by atoms with van der Waals surface area (Å²) in [4.78, 5) is 4.51. The maximum atomic E-state index is 4.51. The van der Waals surface area contributed by atoms with E-state index in [1.165, 1.54) is 16.3 Å². The van der Waals surface area contributed by atoms with Gasteiger partial charge in [-0.05, 0) is 18.4 Å². The van der Waals surface area contributed by atoms with Gasteiger partial charge in [0.15, 0.2) is 0 Å². The number of aliphatic imine (C=N–C) groups is 1. The minimum absolute atomic E-state index is 0. The van der Waals surface area contributed by atoms with Crippen molar-refractivity contribution in [3.05, 3.63) is 42.0 Å². The van der Waals surface area contributed by atoms with Gasteiger partial charge in [0.1, 0.15) is 0 Å². The van der Waals surface area contributed by atoms with E-state index in [9.17, 15) is 0 Å². The standard InChI is InChI=1S/C12H9N.Y/c1-8-10-6-2-4-9-5-3-7-11(13-8)12(9)10;/h2-7H,1H3;. The van der Waals surface area contributed by atoms with Crippen LogP contribution in [0.15, 0.2) is 41.4 Å². The molecule has 0 fully saturated rings. The van der Waals surface area contributed by atoms with Crippen LogP contribution < -0.4 is 0 Å². The first kappa shape index (κ1) is 10.0. The molecule has 0 aliphatic carbocycles. The molecule has 0 amide bonds. The van der Waals surface area contributed by atoms with Gasteiger partial charge in [0.25, 0.3) is 0 Å². The monoisotopic (exact) mass is 256 g/mol. The van der Waals surface area contributed by atoms with Crippen LogP contribution in [-0.2, 0) is 32.7 Å². The summed E-state index contributed by atoms with van der Waals surface area (Å²) < 4.78 is 0. The quantitative estimate of drug-likeness (QED) is 0.685. The van der Waals surface area contributed by atoms with E-state index < -0.39 is 0 Å². The Morgan fingerprint density at radius 2 is 1.71 bits per heavy atom. The van der Waals surface area contributed by atoms with Crippen LogP contribution in [0.3, 0.4) is 0 Å². The molecule has 1 aliphatic rings. The van der Waals surface area contributed by atoms with E-state index in [2.05, 4.69) is 48.3 Å². The molecule has 0 saturated carbocycles. The van der Waals surface area contributed by atoms with Crippen molar-refractivity contribution in [1.29, 1.82) is 0 Å². The fourth-order valence-electron chi connectivity index (χ4n) is 1.96. The summed E-state index contributed by atoms with van der Waals surface area (Å²) in [6.45, 7) is 2.06. The van der Waals surface area contributed by atoms with Crippen molar-refractivity contribution in [2.45, 2.75) is 6.92 Å². The van der Waals surface area contributed by atoms with Crippen LogP contribution in [0.5, 0.6) is 0 Å². The van der Waals surface area contributed by atoms with Crippen LogP contribution in [0.1, 0.15) is 12.5 Å². The summed E-state index contributed by atoms with van der Waals surface area (Å²) in [6, 6.07) is 12.6. The second-order valence-corrected chi connectivity index (χ2v) is 3.38. The minimum Gasteiger partial charge on any atom is -0.252 e. The SMILES string of the molecule is CC1=Nc2cccc3cccc1c23.[Y]. The normalized spacial score (nSPS) is 12.5. The van der Waals surface area contributed by atoms with Gasteiger partial charge < -0.3 is 0 Å². The summed E-state index contributed by atoms with van der Waals surface area (Å²) in [7, 11) is 0. The second-order valence-electron chi connectivity index (χ2n) is 3.38. The molecule has 0 saturated heterocycles. The molecule has 1 heterocycles. The van der Waals surface area contributed by atoms with Crippen molar-refractivity contribution in [3.63, 3.8) is 0 Å². The molecule has 0 bridgehead atoms. The van der Waals surface area contributed by atoms with Crippen molar-refractivity contribution >= 4 is 22.2 Å². The molecule has 1 radical (unpaired) electrons. The predicted molar refractivity (Wildman–Crippen MR) is 55.8 cm³/mol. The third-order valence-corrected chi connectivity index (χ3v) is 2.56. The Hall–Kier alpha value is -0.526. The molecule has 14 heavy (non-hydrogen) atoms. The molecular weight excluding hydrogens is 247 g/mol. The predicted octanol–water partition coefficient (Wildman–Crippen LogP) is 3.29. The number of nitrogens with zero attached hydrogens (tertiary/aromatic N) is 1. The van der Waals surface area contributed by atoms with Crippen LogP contribution in [-0.4, -0.2) is 5.71 Å². The molecular formula is C12H9NY. The molecule has 2 aromatic rings. The first-order valence-corrected chi connectivity index (χ1v) is 4.44. The fraction of sp³-hybridized carbons (Fsp3) is 0.0833. The summed E-state index contributed by atoms with van der Waals surface area (Å²) in [6.07, 6.45) is 0. The van der Waals surface area contributed by atoms with Crippen LogP contribution in [0, 0.1) is 0 Å². The van der Waals surface area contributed by atoms with Gasteiger partial charge in [-0.15, -0.1) is 0 Å². The van der Waals surface area contributed by atoms with Crippen LogP contribution >= 0.6 is 0 Å². The number of benzene rings is 2. The van der Waals surface area contributed by atoms with E-state index >= 15 is 0 Å². The molecule has 0 aromatic heterocycles. The molecule has 0 N–H and O–H groups in total. The molecule has 1 aliphatic heterocycles. The smallest absolute Gasteiger partial charge is 0.0718 e. The Balaban J connectivity index is 0.000000750. The third-order valence-electron chi connectivity index (χ3n) is 2.56. The minimum atomic E-state index is 0. The number of rotatable bonds is 0. The molecule has 1 nitrogen and oxygen atoms in total. The summed E-state index contributed by atoms with van der Waals surface area (Å²) >= 11 is 0. The Morgan fingerprint density at radius 3 is 2.50 bits per heavy atom. The zero-order valence-electron chi connectivity index (χ0n) is 7.99. The molecule has 3 rings (SSSR count).